The van der Waals surface area contributed by atoms with Crippen LogP contribution in [0.1, 0.15) is 6.92 Å². The molecule has 17 heavy (non-hydrogen) atoms. The van der Waals surface area contributed by atoms with E-state index >= 15 is 0 Å². The van der Waals surface area contributed by atoms with Crippen molar-refractivity contribution in [2.75, 3.05) is 5.32 Å². The molecule has 0 bridgehead atoms. The van der Waals surface area contributed by atoms with Crippen molar-refractivity contribution in [3.8, 4) is 5.82 Å². The van der Waals surface area contributed by atoms with Crippen molar-refractivity contribution in [3.05, 3.63) is 48.9 Å². The van der Waals surface area contributed by atoms with Gasteiger partial charge in [-0.3, -0.25) is 4.79 Å². The van der Waals surface area contributed by atoms with E-state index in [0.717, 1.165) is 0 Å². The summed E-state index contributed by atoms with van der Waals surface area (Å²) < 4.78 is 1.65. The van der Waals surface area contributed by atoms with Crippen molar-refractivity contribution in [1.29, 1.82) is 0 Å². The number of carbonyl (C=O) groups is 1. The molecule has 2 rings (SSSR count). The lowest BCUT2D eigenvalue weighted by Gasteiger charge is -2.03. The van der Waals surface area contributed by atoms with Crippen molar-refractivity contribution < 1.29 is 4.79 Å². The Morgan fingerprint density at radius 1 is 1.47 bits per heavy atom. The third-order valence-electron chi connectivity index (χ3n) is 2.07. The van der Waals surface area contributed by atoms with E-state index in [1.54, 1.807) is 48.4 Å². The molecular weight excluding hydrogens is 216 g/mol. The van der Waals surface area contributed by atoms with Crippen molar-refractivity contribution in [3.63, 3.8) is 0 Å². The summed E-state index contributed by atoms with van der Waals surface area (Å²) in [7, 11) is 0. The summed E-state index contributed by atoms with van der Waals surface area (Å²) in [5.41, 5.74) is 0.656. The number of allylic oxidation sites excluding steroid dienone is 1. The van der Waals surface area contributed by atoms with Gasteiger partial charge < -0.3 is 5.32 Å². The lowest BCUT2D eigenvalue weighted by Crippen LogP contribution is -2.08. The molecule has 2 aromatic heterocycles. The third kappa shape index (κ3) is 2.78. The van der Waals surface area contributed by atoms with Gasteiger partial charge in [0.25, 0.3) is 0 Å². The van der Waals surface area contributed by atoms with E-state index < -0.39 is 0 Å². The summed E-state index contributed by atoms with van der Waals surface area (Å²) in [4.78, 5) is 15.5. The Morgan fingerprint density at radius 2 is 2.35 bits per heavy atom. The Morgan fingerprint density at radius 3 is 2.94 bits per heavy atom. The third-order valence-corrected chi connectivity index (χ3v) is 2.07. The van der Waals surface area contributed by atoms with Crippen LogP contribution in [-0.2, 0) is 4.79 Å². The lowest BCUT2D eigenvalue weighted by molar-refractivity contribution is -0.111. The molecule has 5 heteroatoms. The average molecular weight is 228 g/mol. The Balaban J connectivity index is 2.11. The van der Waals surface area contributed by atoms with Gasteiger partial charge in [0.1, 0.15) is 0 Å². The van der Waals surface area contributed by atoms with Gasteiger partial charge in [-0.25, -0.2) is 9.67 Å². The van der Waals surface area contributed by atoms with Crippen LogP contribution in [0.25, 0.3) is 5.82 Å². The molecule has 1 amide bonds. The maximum Gasteiger partial charge on any atom is 0.248 e. The smallest absolute Gasteiger partial charge is 0.248 e. The molecule has 0 spiro atoms. The molecule has 0 aliphatic carbocycles. The van der Waals surface area contributed by atoms with E-state index in [0.29, 0.717) is 11.5 Å². The van der Waals surface area contributed by atoms with Crippen molar-refractivity contribution in [2.45, 2.75) is 6.92 Å². The Kier molecular flexibility index (Phi) is 3.30. The number of anilines is 1. The number of nitrogens with zero attached hydrogens (tertiary/aromatic N) is 3. The van der Waals surface area contributed by atoms with Gasteiger partial charge in [-0.15, -0.1) is 0 Å². The van der Waals surface area contributed by atoms with E-state index in [1.807, 2.05) is 6.07 Å². The monoisotopic (exact) mass is 228 g/mol. The second kappa shape index (κ2) is 5.07. The van der Waals surface area contributed by atoms with Crippen LogP contribution in [0, 0.1) is 0 Å². The number of hydrogen-bond donors (Lipinski definition) is 1. The second-order valence-electron chi connectivity index (χ2n) is 3.34. The quantitative estimate of drug-likeness (QED) is 0.814. The fraction of sp³-hybridized carbons (Fsp3) is 0.0833. The zero-order chi connectivity index (χ0) is 12.1. The van der Waals surface area contributed by atoms with Gasteiger partial charge >= 0.3 is 0 Å². The summed E-state index contributed by atoms with van der Waals surface area (Å²) in [5.74, 6) is 0.542. The molecule has 1 N–H and O–H groups in total. The number of rotatable bonds is 3. The molecular formula is C12H12N4O. The molecule has 0 aliphatic rings. The van der Waals surface area contributed by atoms with E-state index in [1.165, 1.54) is 6.08 Å². The zero-order valence-corrected chi connectivity index (χ0v) is 9.37. The fourth-order valence-electron chi connectivity index (χ4n) is 1.34. The molecule has 0 radical (unpaired) electrons. The van der Waals surface area contributed by atoms with Crippen molar-refractivity contribution in [1.82, 2.24) is 14.8 Å². The van der Waals surface area contributed by atoms with Gasteiger partial charge in [-0.05, 0) is 31.2 Å². The molecule has 0 saturated heterocycles. The van der Waals surface area contributed by atoms with Crippen LogP contribution in [0.15, 0.2) is 48.9 Å². The largest absolute Gasteiger partial charge is 0.321 e. The molecule has 0 fully saturated rings. The summed E-state index contributed by atoms with van der Waals surface area (Å²) >= 11 is 0. The highest BCUT2D eigenvalue weighted by molar-refractivity contribution is 5.99. The van der Waals surface area contributed by atoms with Crippen LogP contribution in [0.4, 0.5) is 5.69 Å². The first-order valence-electron chi connectivity index (χ1n) is 5.19. The van der Waals surface area contributed by atoms with E-state index in [2.05, 4.69) is 15.4 Å². The van der Waals surface area contributed by atoms with Crippen LogP contribution in [0.3, 0.4) is 0 Å². The number of hydrogen-bond acceptors (Lipinski definition) is 3. The number of carbonyl (C=O) groups excluding carboxylic acids is 1. The molecule has 0 saturated carbocycles. The first-order chi connectivity index (χ1) is 8.29. The maximum absolute atomic E-state index is 11.3. The number of aromatic nitrogens is 3. The number of nitrogens with one attached hydrogen (secondary N) is 1. The highest BCUT2D eigenvalue weighted by atomic mass is 16.1. The normalized spacial score (nSPS) is 10.6. The fourth-order valence-corrected chi connectivity index (χ4v) is 1.34. The molecule has 5 nitrogen and oxygen atoms in total. The minimum Gasteiger partial charge on any atom is -0.321 e. The molecule has 0 aromatic carbocycles. The highest BCUT2D eigenvalue weighted by Gasteiger charge is 2.00. The summed E-state index contributed by atoms with van der Waals surface area (Å²) in [6, 6.07) is 5.40. The molecule has 2 aromatic rings. The van der Waals surface area contributed by atoms with Crippen LogP contribution in [0.5, 0.6) is 0 Å². The van der Waals surface area contributed by atoms with Crippen molar-refractivity contribution in [2.24, 2.45) is 0 Å². The van der Waals surface area contributed by atoms with Gasteiger partial charge in [0.05, 0.1) is 11.9 Å². The molecule has 0 unspecified atom stereocenters. The van der Waals surface area contributed by atoms with Gasteiger partial charge in [0.15, 0.2) is 5.82 Å². The summed E-state index contributed by atoms with van der Waals surface area (Å²) in [6.45, 7) is 1.79. The molecule has 0 atom stereocenters. The molecule has 2 heterocycles. The SMILES string of the molecule is CC=CC(=O)Nc1ccc(-n2cccn2)nc1. The minimum absolute atomic E-state index is 0.166. The van der Waals surface area contributed by atoms with Crippen LogP contribution in [0.2, 0.25) is 0 Å². The molecule has 86 valence electrons. The van der Waals surface area contributed by atoms with Gasteiger partial charge in [0.2, 0.25) is 5.91 Å². The maximum atomic E-state index is 11.3. The average Bonchev–Trinajstić information content (AvgIpc) is 2.84. The first kappa shape index (κ1) is 11.1. The van der Waals surface area contributed by atoms with Gasteiger partial charge in [-0.2, -0.15) is 5.10 Å². The minimum atomic E-state index is -0.166. The van der Waals surface area contributed by atoms with Gasteiger partial charge in [0, 0.05) is 12.4 Å². The van der Waals surface area contributed by atoms with E-state index in [4.69, 9.17) is 0 Å². The van der Waals surface area contributed by atoms with Crippen LogP contribution < -0.4 is 5.32 Å². The Hall–Kier alpha value is -2.43. The lowest BCUT2D eigenvalue weighted by atomic mass is 10.4. The molecule has 0 aliphatic heterocycles. The zero-order valence-electron chi connectivity index (χ0n) is 9.37. The first-order valence-corrected chi connectivity index (χ1v) is 5.19. The summed E-state index contributed by atoms with van der Waals surface area (Å²) in [5, 5.41) is 6.76. The van der Waals surface area contributed by atoms with E-state index in [9.17, 15) is 4.79 Å². The van der Waals surface area contributed by atoms with Gasteiger partial charge in [-0.1, -0.05) is 6.08 Å². The summed E-state index contributed by atoms with van der Waals surface area (Å²) in [6.07, 6.45) is 8.23. The topological polar surface area (TPSA) is 59.8 Å². The second-order valence-corrected chi connectivity index (χ2v) is 3.34. The number of pyridine rings is 1. The highest BCUT2D eigenvalue weighted by Crippen LogP contribution is 2.08. The van der Waals surface area contributed by atoms with E-state index in [-0.39, 0.29) is 5.91 Å². The number of amides is 1. The Labute approximate surface area is 98.8 Å². The Bertz CT molecular complexity index is 514. The standard InChI is InChI=1S/C12H12N4O/c1-2-4-12(17)15-10-5-6-11(13-9-10)16-8-3-7-14-16/h2-9H,1H3,(H,15,17). The predicted molar refractivity (Wildman–Crippen MR) is 64.8 cm³/mol. The van der Waals surface area contributed by atoms with Crippen LogP contribution in [-0.4, -0.2) is 20.7 Å². The van der Waals surface area contributed by atoms with Crippen LogP contribution >= 0.6 is 0 Å². The predicted octanol–water partition coefficient (Wildman–Crippen LogP) is 1.78. The van der Waals surface area contributed by atoms with Crippen molar-refractivity contribution >= 4 is 11.6 Å².